The molecule has 80 valence electrons. The zero-order valence-corrected chi connectivity index (χ0v) is 10.4. The van der Waals surface area contributed by atoms with Gasteiger partial charge < -0.3 is 0 Å². The molecular weight excluding hydrogens is 194 g/mol. The maximum absolute atomic E-state index is 11.1. The van der Waals surface area contributed by atoms with Crippen LogP contribution in [0.3, 0.4) is 0 Å². The van der Waals surface area contributed by atoms with Gasteiger partial charge in [-0.3, -0.25) is 8.75 Å². The Morgan fingerprint density at radius 1 is 1.29 bits per heavy atom. The van der Waals surface area contributed by atoms with Crippen molar-refractivity contribution in [2.75, 3.05) is 0 Å². The lowest BCUT2D eigenvalue weighted by Crippen LogP contribution is -2.29. The van der Waals surface area contributed by atoms with Crippen molar-refractivity contribution in [1.82, 2.24) is 3.96 Å². The molecular formula is C11H19NOS. The predicted octanol–water partition coefficient (Wildman–Crippen LogP) is 3.08. The molecule has 1 aromatic rings. The minimum absolute atomic E-state index is 0.0333. The van der Waals surface area contributed by atoms with Crippen molar-refractivity contribution in [3.05, 3.63) is 21.8 Å². The highest BCUT2D eigenvalue weighted by Crippen LogP contribution is 2.32. The van der Waals surface area contributed by atoms with E-state index in [1.807, 2.05) is 6.20 Å². The second-order valence-corrected chi connectivity index (χ2v) is 6.58. The summed E-state index contributed by atoms with van der Waals surface area (Å²) in [4.78, 5) is 11.1. The van der Waals surface area contributed by atoms with Crippen molar-refractivity contribution < 1.29 is 0 Å². The molecule has 0 atom stereocenters. The molecule has 0 aliphatic rings. The van der Waals surface area contributed by atoms with Crippen LogP contribution in [0.25, 0.3) is 0 Å². The van der Waals surface area contributed by atoms with Gasteiger partial charge in [-0.05, 0) is 37.2 Å². The molecule has 0 bridgehead atoms. The summed E-state index contributed by atoms with van der Waals surface area (Å²) in [6.45, 7) is 11.0. The van der Waals surface area contributed by atoms with E-state index < -0.39 is 0 Å². The molecule has 0 aromatic carbocycles. The molecule has 0 N–H and O–H groups in total. The summed E-state index contributed by atoms with van der Waals surface area (Å²) in [5, 5.41) is 0. The Balaban J connectivity index is 2.91. The van der Waals surface area contributed by atoms with Gasteiger partial charge in [0.05, 0.1) is 0 Å². The van der Waals surface area contributed by atoms with Crippen LogP contribution >= 0.6 is 11.5 Å². The molecule has 0 saturated heterocycles. The van der Waals surface area contributed by atoms with E-state index in [0.717, 1.165) is 6.42 Å². The molecule has 2 nitrogen and oxygen atoms in total. The first-order valence-electron chi connectivity index (χ1n) is 4.90. The topological polar surface area (TPSA) is 22.0 Å². The highest BCUT2D eigenvalue weighted by molar-refractivity contribution is 7.03. The summed E-state index contributed by atoms with van der Waals surface area (Å²) in [5.41, 5.74) is 0.315. The molecule has 0 unspecified atom stereocenters. The standard InChI is InChI=1S/C11H19NOS/c1-10(2,3)8-11(4,5)12-7-6-9(13)14-12/h6-7H,8H2,1-5H3. The van der Waals surface area contributed by atoms with Gasteiger partial charge in [0.15, 0.2) is 0 Å². The Labute approximate surface area is 89.7 Å². The summed E-state index contributed by atoms with van der Waals surface area (Å²) in [5.74, 6) is 0. The average Bonchev–Trinajstić information content (AvgIpc) is 2.29. The third-order valence-corrected chi connectivity index (χ3v) is 3.22. The summed E-state index contributed by atoms with van der Waals surface area (Å²) >= 11 is 1.30. The quantitative estimate of drug-likeness (QED) is 0.740. The number of hydrogen-bond acceptors (Lipinski definition) is 2. The van der Waals surface area contributed by atoms with E-state index in [9.17, 15) is 4.79 Å². The summed E-state index contributed by atoms with van der Waals surface area (Å²) in [6.07, 6.45) is 2.95. The molecule has 0 amide bonds. The predicted molar refractivity (Wildman–Crippen MR) is 62.0 cm³/mol. The van der Waals surface area contributed by atoms with Crippen molar-refractivity contribution in [2.24, 2.45) is 5.41 Å². The van der Waals surface area contributed by atoms with Crippen LogP contribution in [0.5, 0.6) is 0 Å². The monoisotopic (exact) mass is 213 g/mol. The van der Waals surface area contributed by atoms with Crippen LogP contribution in [-0.4, -0.2) is 3.96 Å². The zero-order chi connectivity index (χ0) is 11.0. The Hall–Kier alpha value is -0.570. The molecule has 0 radical (unpaired) electrons. The molecule has 0 aliphatic heterocycles. The molecule has 0 saturated carbocycles. The molecule has 0 fully saturated rings. The third kappa shape index (κ3) is 2.98. The van der Waals surface area contributed by atoms with E-state index in [1.165, 1.54) is 11.5 Å². The normalized spacial score (nSPS) is 13.2. The first-order valence-corrected chi connectivity index (χ1v) is 5.68. The molecule has 0 spiro atoms. The number of hydrogen-bond donors (Lipinski definition) is 0. The van der Waals surface area contributed by atoms with Gasteiger partial charge in [-0.1, -0.05) is 20.8 Å². The van der Waals surface area contributed by atoms with Gasteiger partial charge in [-0.15, -0.1) is 0 Å². The molecule has 1 heterocycles. The minimum Gasteiger partial charge on any atom is -0.296 e. The van der Waals surface area contributed by atoms with Crippen LogP contribution in [0.1, 0.15) is 41.0 Å². The van der Waals surface area contributed by atoms with Gasteiger partial charge in [0.2, 0.25) is 4.74 Å². The largest absolute Gasteiger partial charge is 0.296 e. The summed E-state index contributed by atoms with van der Waals surface area (Å²) in [7, 11) is 0. The Morgan fingerprint density at radius 3 is 2.21 bits per heavy atom. The first-order chi connectivity index (χ1) is 6.21. The highest BCUT2D eigenvalue weighted by Gasteiger charge is 2.27. The van der Waals surface area contributed by atoms with Crippen LogP contribution < -0.4 is 4.74 Å². The van der Waals surface area contributed by atoms with E-state index in [4.69, 9.17) is 0 Å². The van der Waals surface area contributed by atoms with Crippen molar-refractivity contribution in [3.63, 3.8) is 0 Å². The number of aromatic nitrogens is 1. The number of nitrogens with zero attached hydrogens (tertiary/aromatic N) is 1. The van der Waals surface area contributed by atoms with E-state index in [-0.39, 0.29) is 15.7 Å². The van der Waals surface area contributed by atoms with Gasteiger partial charge in [0.25, 0.3) is 0 Å². The van der Waals surface area contributed by atoms with E-state index in [2.05, 4.69) is 38.6 Å². The third-order valence-electron chi connectivity index (χ3n) is 2.09. The Kier molecular flexibility index (Phi) is 2.91. The number of rotatable bonds is 2. The maximum Gasteiger partial charge on any atom is 0.249 e. The fourth-order valence-electron chi connectivity index (χ4n) is 1.99. The van der Waals surface area contributed by atoms with Crippen molar-refractivity contribution in [3.8, 4) is 0 Å². The fraction of sp³-hybridized carbons (Fsp3) is 0.727. The molecule has 0 aliphatic carbocycles. The Bertz CT molecular complexity index is 354. The van der Waals surface area contributed by atoms with Crippen LogP contribution in [0.15, 0.2) is 17.1 Å². The van der Waals surface area contributed by atoms with Gasteiger partial charge >= 0.3 is 0 Å². The molecule has 3 heteroatoms. The van der Waals surface area contributed by atoms with Gasteiger partial charge in [-0.25, -0.2) is 0 Å². The van der Waals surface area contributed by atoms with Crippen molar-refractivity contribution in [2.45, 2.75) is 46.6 Å². The van der Waals surface area contributed by atoms with Crippen LogP contribution in [0.2, 0.25) is 0 Å². The lowest BCUT2D eigenvalue weighted by Gasteiger charge is -2.33. The summed E-state index contributed by atoms with van der Waals surface area (Å²) in [6, 6.07) is 1.63. The van der Waals surface area contributed by atoms with Gasteiger partial charge in [0, 0.05) is 17.8 Å². The smallest absolute Gasteiger partial charge is 0.249 e. The minimum atomic E-state index is 0.0333. The van der Waals surface area contributed by atoms with Gasteiger partial charge in [0.1, 0.15) is 0 Å². The molecule has 14 heavy (non-hydrogen) atoms. The highest BCUT2D eigenvalue weighted by atomic mass is 32.1. The fourth-order valence-corrected chi connectivity index (χ4v) is 2.74. The lowest BCUT2D eigenvalue weighted by atomic mass is 9.82. The Morgan fingerprint density at radius 2 is 1.86 bits per heavy atom. The van der Waals surface area contributed by atoms with Gasteiger partial charge in [-0.2, -0.15) is 0 Å². The second kappa shape index (κ2) is 3.54. The zero-order valence-electron chi connectivity index (χ0n) is 9.63. The van der Waals surface area contributed by atoms with Crippen molar-refractivity contribution in [1.29, 1.82) is 0 Å². The van der Waals surface area contributed by atoms with E-state index >= 15 is 0 Å². The SMILES string of the molecule is CC(C)(C)CC(C)(C)n1ccc(=O)s1. The lowest BCUT2D eigenvalue weighted by molar-refractivity contribution is 0.227. The summed E-state index contributed by atoms with van der Waals surface area (Å²) < 4.78 is 2.19. The maximum atomic E-state index is 11.1. The van der Waals surface area contributed by atoms with Crippen LogP contribution in [0, 0.1) is 5.41 Å². The molecule has 1 aromatic heterocycles. The van der Waals surface area contributed by atoms with E-state index in [0.29, 0.717) is 0 Å². The van der Waals surface area contributed by atoms with Crippen LogP contribution in [0.4, 0.5) is 0 Å². The molecule has 1 rings (SSSR count). The van der Waals surface area contributed by atoms with Crippen molar-refractivity contribution >= 4 is 11.5 Å². The average molecular weight is 213 g/mol. The van der Waals surface area contributed by atoms with Crippen LogP contribution in [-0.2, 0) is 5.54 Å². The first kappa shape index (κ1) is 11.5. The van der Waals surface area contributed by atoms with E-state index in [1.54, 1.807) is 6.07 Å². The second-order valence-electron chi connectivity index (χ2n) is 5.60.